The molecule has 0 radical (unpaired) electrons. The number of aliphatic hydroxyl groups is 1. The minimum Gasteiger partial charge on any atom is -0.478 e. The van der Waals surface area contributed by atoms with Crippen molar-refractivity contribution in [2.45, 2.75) is 19.9 Å². The van der Waals surface area contributed by atoms with Crippen LogP contribution in [0.25, 0.3) is 0 Å². The number of aromatic nitrogens is 1. The van der Waals surface area contributed by atoms with E-state index in [2.05, 4.69) is 10.3 Å². The summed E-state index contributed by atoms with van der Waals surface area (Å²) in [6, 6.07) is 1.43. The smallest absolute Gasteiger partial charge is 0.339 e. The lowest BCUT2D eigenvalue weighted by molar-refractivity contribution is 0.0697. The molecule has 88 valence electrons. The Morgan fingerprint density at radius 2 is 2.25 bits per heavy atom. The highest BCUT2D eigenvalue weighted by Crippen LogP contribution is 2.17. The maximum atomic E-state index is 10.9. The van der Waals surface area contributed by atoms with Crippen molar-refractivity contribution in [3.63, 3.8) is 0 Å². The maximum absolute atomic E-state index is 10.9. The molecule has 0 saturated heterocycles. The van der Waals surface area contributed by atoms with Crippen molar-refractivity contribution < 1.29 is 15.0 Å². The predicted molar refractivity (Wildman–Crippen MR) is 60.5 cm³/mol. The summed E-state index contributed by atoms with van der Waals surface area (Å²) in [6.07, 6.45) is 2.81. The predicted octanol–water partition coefficient (Wildman–Crippen LogP) is 1.21. The third-order valence-electron chi connectivity index (χ3n) is 2.39. The second-order valence-electron chi connectivity index (χ2n) is 3.90. The third-order valence-corrected chi connectivity index (χ3v) is 2.39. The number of nitrogens with zero attached hydrogens (tertiary/aromatic N) is 1. The summed E-state index contributed by atoms with van der Waals surface area (Å²) in [5.74, 6) is -0.823. The van der Waals surface area contributed by atoms with Gasteiger partial charge in [-0.15, -0.1) is 0 Å². The average Bonchev–Trinajstić information content (AvgIpc) is 2.25. The molecule has 0 spiro atoms. The molecule has 0 aliphatic rings. The van der Waals surface area contributed by atoms with Crippen molar-refractivity contribution in [1.82, 2.24) is 4.98 Å². The highest BCUT2D eigenvalue weighted by Gasteiger charge is 2.16. The summed E-state index contributed by atoms with van der Waals surface area (Å²) in [7, 11) is 0. The van der Waals surface area contributed by atoms with E-state index in [1.54, 1.807) is 6.07 Å². The average molecular weight is 224 g/mol. The van der Waals surface area contributed by atoms with E-state index >= 15 is 0 Å². The fraction of sp³-hybridized carbons (Fsp3) is 0.455. The van der Waals surface area contributed by atoms with E-state index in [4.69, 9.17) is 10.2 Å². The number of rotatable bonds is 5. The van der Waals surface area contributed by atoms with Crippen LogP contribution in [0.5, 0.6) is 0 Å². The molecular weight excluding hydrogens is 208 g/mol. The van der Waals surface area contributed by atoms with Gasteiger partial charge in [0.2, 0.25) is 0 Å². The molecule has 0 aliphatic heterocycles. The lowest BCUT2D eigenvalue weighted by Gasteiger charge is -2.21. The molecule has 1 aromatic heterocycles. The van der Waals surface area contributed by atoms with Crippen LogP contribution in [0.2, 0.25) is 0 Å². The van der Waals surface area contributed by atoms with Crippen molar-refractivity contribution in [2.75, 3.05) is 11.9 Å². The first-order valence-corrected chi connectivity index (χ1v) is 5.11. The summed E-state index contributed by atoms with van der Waals surface area (Å²) in [4.78, 5) is 14.7. The summed E-state index contributed by atoms with van der Waals surface area (Å²) in [6.45, 7) is 3.87. The van der Waals surface area contributed by atoms with Crippen LogP contribution in [-0.4, -0.2) is 33.8 Å². The van der Waals surface area contributed by atoms with E-state index in [1.165, 1.54) is 12.4 Å². The number of hydrogen-bond donors (Lipinski definition) is 3. The lowest BCUT2D eigenvalue weighted by Crippen LogP contribution is -2.30. The summed E-state index contributed by atoms with van der Waals surface area (Å²) >= 11 is 0. The Bertz CT molecular complexity index is 366. The van der Waals surface area contributed by atoms with Gasteiger partial charge in [0.05, 0.1) is 18.3 Å². The molecule has 16 heavy (non-hydrogen) atoms. The molecule has 0 saturated carbocycles. The third kappa shape index (κ3) is 2.93. The Hall–Kier alpha value is -1.62. The van der Waals surface area contributed by atoms with E-state index in [1.807, 2.05) is 13.8 Å². The number of carboxylic acid groups (broad SMARTS) is 1. The van der Waals surface area contributed by atoms with E-state index in [-0.39, 0.29) is 24.1 Å². The van der Waals surface area contributed by atoms with Crippen molar-refractivity contribution in [3.8, 4) is 0 Å². The molecule has 1 atom stereocenters. The molecule has 1 heterocycles. The number of nitrogens with one attached hydrogen (secondary N) is 1. The minimum absolute atomic E-state index is 0.0426. The number of aliphatic hydroxyl groups excluding tert-OH is 1. The van der Waals surface area contributed by atoms with Gasteiger partial charge in [0.1, 0.15) is 5.56 Å². The van der Waals surface area contributed by atoms with E-state index in [0.29, 0.717) is 5.69 Å². The highest BCUT2D eigenvalue weighted by atomic mass is 16.4. The molecule has 5 nitrogen and oxygen atoms in total. The molecule has 1 unspecified atom stereocenters. The highest BCUT2D eigenvalue weighted by molar-refractivity contribution is 5.93. The fourth-order valence-corrected chi connectivity index (χ4v) is 1.31. The zero-order chi connectivity index (χ0) is 12.1. The standard InChI is InChI=1S/C11H16N2O3/c1-7(2)10(6-14)13-9-3-4-12-5-8(9)11(15)16/h3-5,7,10,14H,6H2,1-2H3,(H,12,13)(H,15,16). The number of pyridine rings is 1. The van der Waals surface area contributed by atoms with Crippen LogP contribution in [0.1, 0.15) is 24.2 Å². The maximum Gasteiger partial charge on any atom is 0.339 e. The zero-order valence-electron chi connectivity index (χ0n) is 9.34. The van der Waals surface area contributed by atoms with Crippen LogP contribution in [0.15, 0.2) is 18.5 Å². The molecule has 1 rings (SSSR count). The monoisotopic (exact) mass is 224 g/mol. The number of hydrogen-bond acceptors (Lipinski definition) is 4. The van der Waals surface area contributed by atoms with Crippen LogP contribution in [0, 0.1) is 5.92 Å². The van der Waals surface area contributed by atoms with Crippen molar-refractivity contribution in [2.24, 2.45) is 5.92 Å². The topological polar surface area (TPSA) is 82.5 Å². The van der Waals surface area contributed by atoms with Crippen molar-refractivity contribution >= 4 is 11.7 Å². The van der Waals surface area contributed by atoms with Gasteiger partial charge in [0, 0.05) is 12.4 Å². The number of carboxylic acids is 1. The molecule has 0 fully saturated rings. The summed E-state index contributed by atoms with van der Waals surface area (Å²) in [5.41, 5.74) is 0.594. The Morgan fingerprint density at radius 3 is 2.75 bits per heavy atom. The Labute approximate surface area is 94.1 Å². The van der Waals surface area contributed by atoms with Crippen LogP contribution >= 0.6 is 0 Å². The van der Waals surface area contributed by atoms with E-state index < -0.39 is 5.97 Å². The summed E-state index contributed by atoms with van der Waals surface area (Å²) in [5, 5.41) is 21.1. The van der Waals surface area contributed by atoms with Crippen LogP contribution in [-0.2, 0) is 0 Å². The van der Waals surface area contributed by atoms with E-state index in [0.717, 1.165) is 0 Å². The first-order chi connectivity index (χ1) is 7.56. The van der Waals surface area contributed by atoms with Crippen LogP contribution < -0.4 is 5.32 Å². The van der Waals surface area contributed by atoms with Gasteiger partial charge >= 0.3 is 5.97 Å². The van der Waals surface area contributed by atoms with Gasteiger partial charge in [-0.1, -0.05) is 13.8 Å². The molecule has 1 aromatic rings. The number of aromatic carboxylic acids is 1. The molecule has 0 aliphatic carbocycles. The SMILES string of the molecule is CC(C)C(CO)Nc1ccncc1C(=O)O. The van der Waals surface area contributed by atoms with Crippen LogP contribution in [0.3, 0.4) is 0 Å². The van der Waals surface area contributed by atoms with Crippen molar-refractivity contribution in [1.29, 1.82) is 0 Å². The Kier molecular flexibility index (Phi) is 4.25. The lowest BCUT2D eigenvalue weighted by atomic mass is 10.0. The zero-order valence-corrected chi connectivity index (χ0v) is 9.34. The minimum atomic E-state index is -1.03. The Balaban J connectivity index is 2.91. The van der Waals surface area contributed by atoms with Crippen molar-refractivity contribution in [3.05, 3.63) is 24.0 Å². The number of anilines is 1. The second kappa shape index (κ2) is 5.46. The van der Waals surface area contributed by atoms with Gasteiger partial charge in [-0.25, -0.2) is 4.79 Å². The van der Waals surface area contributed by atoms with Gasteiger partial charge in [0.25, 0.3) is 0 Å². The normalized spacial score (nSPS) is 12.5. The molecule has 0 aromatic carbocycles. The van der Waals surface area contributed by atoms with Gasteiger partial charge in [0.15, 0.2) is 0 Å². The molecule has 0 amide bonds. The molecule has 5 heteroatoms. The first kappa shape index (κ1) is 12.4. The fourth-order valence-electron chi connectivity index (χ4n) is 1.31. The Morgan fingerprint density at radius 1 is 1.56 bits per heavy atom. The largest absolute Gasteiger partial charge is 0.478 e. The molecular formula is C11H16N2O3. The summed E-state index contributed by atoms with van der Waals surface area (Å²) < 4.78 is 0. The number of carbonyl (C=O) groups is 1. The quantitative estimate of drug-likeness (QED) is 0.700. The van der Waals surface area contributed by atoms with E-state index in [9.17, 15) is 4.79 Å². The van der Waals surface area contributed by atoms with Gasteiger partial charge in [-0.2, -0.15) is 0 Å². The van der Waals surface area contributed by atoms with Gasteiger partial charge in [-0.3, -0.25) is 4.98 Å². The van der Waals surface area contributed by atoms with Gasteiger partial charge in [-0.05, 0) is 12.0 Å². The first-order valence-electron chi connectivity index (χ1n) is 5.11. The van der Waals surface area contributed by atoms with Crippen LogP contribution in [0.4, 0.5) is 5.69 Å². The second-order valence-corrected chi connectivity index (χ2v) is 3.90. The van der Waals surface area contributed by atoms with Gasteiger partial charge < -0.3 is 15.5 Å². The molecule has 0 bridgehead atoms. The molecule has 3 N–H and O–H groups in total.